The van der Waals surface area contributed by atoms with Crippen LogP contribution in [0.4, 0.5) is 0 Å². The summed E-state index contributed by atoms with van der Waals surface area (Å²) in [6.45, 7) is 4.57. The summed E-state index contributed by atoms with van der Waals surface area (Å²) in [5.41, 5.74) is 0.0139. The molecule has 7 unspecified atom stereocenters. The molecule has 8 bridgehead atoms. The van der Waals surface area contributed by atoms with Crippen molar-refractivity contribution in [2.45, 2.75) is 90.1 Å². The van der Waals surface area contributed by atoms with Crippen molar-refractivity contribution in [2.75, 3.05) is 0 Å². The van der Waals surface area contributed by atoms with Crippen LogP contribution in [-0.2, 0) is 9.53 Å². The molecule has 8 rings (SSSR count). The van der Waals surface area contributed by atoms with E-state index in [-0.39, 0.29) is 22.9 Å². The second kappa shape index (κ2) is 5.38. The van der Waals surface area contributed by atoms with Crippen LogP contribution in [0.15, 0.2) is 0 Å². The van der Waals surface area contributed by atoms with Crippen LogP contribution in [0.5, 0.6) is 0 Å². The van der Waals surface area contributed by atoms with Crippen LogP contribution in [0.3, 0.4) is 0 Å². The van der Waals surface area contributed by atoms with Gasteiger partial charge in [-0.05, 0) is 138 Å². The van der Waals surface area contributed by atoms with Gasteiger partial charge in [-0.3, -0.25) is 4.79 Å². The maximum absolute atomic E-state index is 13.5. The number of hydrogen-bond acceptors (Lipinski definition) is 2. The van der Waals surface area contributed by atoms with Crippen molar-refractivity contribution < 1.29 is 9.53 Å². The van der Waals surface area contributed by atoms with Crippen LogP contribution in [0.2, 0.25) is 0 Å². The van der Waals surface area contributed by atoms with E-state index in [1.54, 1.807) is 0 Å². The zero-order valence-electron chi connectivity index (χ0n) is 17.9. The second-order valence-corrected chi connectivity index (χ2v) is 13.1. The Morgan fingerprint density at radius 1 is 0.786 bits per heavy atom. The van der Waals surface area contributed by atoms with Crippen molar-refractivity contribution in [3.63, 3.8) is 0 Å². The molecule has 0 aromatic heterocycles. The lowest BCUT2D eigenvalue weighted by Crippen LogP contribution is -2.57. The maximum Gasteiger partial charge on any atom is 0.309 e. The maximum atomic E-state index is 13.5. The smallest absolute Gasteiger partial charge is 0.309 e. The molecule has 2 nitrogen and oxygen atoms in total. The average Bonchev–Trinajstić information content (AvgIpc) is 3.39. The van der Waals surface area contributed by atoms with E-state index >= 15 is 0 Å². The third-order valence-corrected chi connectivity index (χ3v) is 11.7. The van der Waals surface area contributed by atoms with E-state index in [4.69, 9.17) is 4.74 Å². The van der Waals surface area contributed by atoms with E-state index < -0.39 is 0 Å². The van der Waals surface area contributed by atoms with Gasteiger partial charge in [-0.2, -0.15) is 0 Å². The van der Waals surface area contributed by atoms with Gasteiger partial charge in [0, 0.05) is 5.41 Å². The van der Waals surface area contributed by atoms with Crippen molar-refractivity contribution >= 4 is 5.97 Å². The Bertz CT molecular complexity index is 672. The molecular weight excluding hydrogens is 344 g/mol. The second-order valence-electron chi connectivity index (χ2n) is 13.1. The summed E-state index contributed by atoms with van der Waals surface area (Å²) in [7, 11) is 0. The number of carbonyl (C=O) groups excluding carboxylic acids is 1. The van der Waals surface area contributed by atoms with Crippen LogP contribution in [0, 0.1) is 64.6 Å². The molecule has 0 aromatic carbocycles. The van der Waals surface area contributed by atoms with Gasteiger partial charge in [-0.1, -0.05) is 0 Å². The number of carbonyl (C=O) groups is 1. The monoisotopic (exact) mass is 382 g/mol. The van der Waals surface area contributed by atoms with Gasteiger partial charge in [0.15, 0.2) is 0 Å². The first-order chi connectivity index (χ1) is 13.4. The topological polar surface area (TPSA) is 26.3 Å². The molecule has 7 atom stereocenters. The highest BCUT2D eigenvalue weighted by atomic mass is 16.6. The highest BCUT2D eigenvalue weighted by molar-refractivity contribution is 5.74. The quantitative estimate of drug-likeness (QED) is 0.452. The first-order valence-corrected chi connectivity index (χ1v) is 12.7. The van der Waals surface area contributed by atoms with Gasteiger partial charge in [0.25, 0.3) is 0 Å². The Balaban J connectivity index is 1.11. The van der Waals surface area contributed by atoms with Gasteiger partial charge in [0.05, 0.1) is 5.92 Å². The van der Waals surface area contributed by atoms with Gasteiger partial charge in [0.1, 0.15) is 5.60 Å². The molecule has 0 heterocycles. The number of fused-ring (bicyclic) bond motifs is 9. The molecule has 8 aliphatic carbocycles. The van der Waals surface area contributed by atoms with Crippen molar-refractivity contribution in [1.82, 2.24) is 0 Å². The lowest BCUT2D eigenvalue weighted by Gasteiger charge is -2.61. The largest absolute Gasteiger partial charge is 0.459 e. The molecule has 0 spiro atoms. The fraction of sp³-hybridized carbons (Fsp3) is 0.962. The van der Waals surface area contributed by atoms with Crippen molar-refractivity contribution in [3.8, 4) is 0 Å². The van der Waals surface area contributed by atoms with Crippen LogP contribution in [-0.4, -0.2) is 11.6 Å². The Kier molecular flexibility index (Phi) is 3.30. The molecule has 0 aliphatic heterocycles. The predicted octanol–water partition coefficient (Wildman–Crippen LogP) is 5.84. The number of hydrogen-bond donors (Lipinski definition) is 0. The first-order valence-electron chi connectivity index (χ1n) is 12.7. The van der Waals surface area contributed by atoms with E-state index in [2.05, 4.69) is 13.8 Å². The molecule has 0 aromatic rings. The normalized spacial score (nSPS) is 57.8. The summed E-state index contributed by atoms with van der Waals surface area (Å²) in [6.07, 6.45) is 15.3. The summed E-state index contributed by atoms with van der Waals surface area (Å²) >= 11 is 0. The molecule has 0 N–H and O–H groups in total. The van der Waals surface area contributed by atoms with Gasteiger partial charge >= 0.3 is 5.97 Å². The molecule has 0 saturated heterocycles. The zero-order chi connectivity index (χ0) is 18.8. The van der Waals surface area contributed by atoms with Gasteiger partial charge in [-0.15, -0.1) is 0 Å². The highest BCUT2D eigenvalue weighted by Gasteiger charge is 2.65. The standard InChI is InChI=1S/C26H38O2/c1-25(2,26-11-14-5-15(12-26)7-16(6-14)13-26)28-24(27)21-10-19-9-20(21)23-18-4-3-17(8-18)22(19)23/h14-23H,3-13H2,1-2H3. The van der Waals surface area contributed by atoms with Crippen LogP contribution < -0.4 is 0 Å². The molecule has 28 heavy (non-hydrogen) atoms. The van der Waals surface area contributed by atoms with E-state index in [0.717, 1.165) is 53.8 Å². The fourth-order valence-corrected chi connectivity index (χ4v) is 11.1. The number of rotatable bonds is 3. The minimum absolute atomic E-state index is 0.203. The third kappa shape index (κ3) is 2.09. The van der Waals surface area contributed by atoms with Crippen LogP contribution in [0.25, 0.3) is 0 Å². The molecule has 0 amide bonds. The first kappa shape index (κ1) is 17.2. The van der Waals surface area contributed by atoms with Gasteiger partial charge in [0.2, 0.25) is 0 Å². The third-order valence-electron chi connectivity index (χ3n) is 11.7. The van der Waals surface area contributed by atoms with Crippen LogP contribution in [0.1, 0.15) is 84.5 Å². The lowest BCUT2D eigenvalue weighted by atomic mass is 9.46. The van der Waals surface area contributed by atoms with Gasteiger partial charge < -0.3 is 4.74 Å². The fourth-order valence-electron chi connectivity index (χ4n) is 11.1. The summed E-state index contributed by atoms with van der Waals surface area (Å²) in [5, 5.41) is 0. The Labute approximate surface area is 170 Å². The molecule has 154 valence electrons. The summed E-state index contributed by atoms with van der Waals surface area (Å²) in [4.78, 5) is 13.5. The summed E-state index contributed by atoms with van der Waals surface area (Å²) < 4.78 is 6.55. The Morgan fingerprint density at radius 2 is 1.39 bits per heavy atom. The predicted molar refractivity (Wildman–Crippen MR) is 108 cm³/mol. The Hall–Kier alpha value is -0.530. The zero-order valence-corrected chi connectivity index (χ0v) is 17.9. The Morgan fingerprint density at radius 3 is 2.04 bits per heavy atom. The highest BCUT2D eigenvalue weighted by Crippen LogP contribution is 2.69. The molecule has 8 aliphatic rings. The minimum atomic E-state index is -0.268. The lowest BCUT2D eigenvalue weighted by molar-refractivity contribution is -0.204. The summed E-state index contributed by atoms with van der Waals surface area (Å²) in [5.74, 6) is 8.57. The average molecular weight is 383 g/mol. The molecule has 0 radical (unpaired) electrons. The minimum Gasteiger partial charge on any atom is -0.459 e. The SMILES string of the molecule is CC(C)(OC(=O)C1CC2CC1C1C3CCC(C3)C21)C12CC3CC(CC(C3)C1)C2. The van der Waals surface area contributed by atoms with E-state index in [1.165, 1.54) is 64.2 Å². The van der Waals surface area contributed by atoms with E-state index in [1.807, 2.05) is 0 Å². The van der Waals surface area contributed by atoms with Crippen LogP contribution >= 0.6 is 0 Å². The van der Waals surface area contributed by atoms with Crippen molar-refractivity contribution in [2.24, 2.45) is 64.6 Å². The van der Waals surface area contributed by atoms with Crippen molar-refractivity contribution in [1.29, 1.82) is 0 Å². The van der Waals surface area contributed by atoms with Crippen molar-refractivity contribution in [3.05, 3.63) is 0 Å². The number of esters is 1. The van der Waals surface area contributed by atoms with Gasteiger partial charge in [-0.25, -0.2) is 0 Å². The molecule has 8 saturated carbocycles. The molecule has 2 heteroatoms. The molecule has 8 fully saturated rings. The summed E-state index contributed by atoms with van der Waals surface area (Å²) in [6, 6.07) is 0. The van der Waals surface area contributed by atoms with E-state index in [0.29, 0.717) is 5.92 Å². The number of ether oxygens (including phenoxy) is 1. The molecular formula is C26H38O2. The van der Waals surface area contributed by atoms with E-state index in [9.17, 15) is 4.79 Å².